The fourth-order valence-corrected chi connectivity index (χ4v) is 6.59. The molecule has 4 rings (SSSR count). The van der Waals surface area contributed by atoms with Crippen molar-refractivity contribution in [3.05, 3.63) is 81.5 Å². The zero-order chi connectivity index (χ0) is 35.7. The van der Waals surface area contributed by atoms with Gasteiger partial charge in [-0.05, 0) is 70.7 Å². The summed E-state index contributed by atoms with van der Waals surface area (Å²) in [5, 5.41) is 22.4. The number of amides is 1. The van der Waals surface area contributed by atoms with Gasteiger partial charge in [0.25, 0.3) is 0 Å². The van der Waals surface area contributed by atoms with Crippen LogP contribution >= 0.6 is 11.6 Å². The Hall–Kier alpha value is -3.63. The maximum absolute atomic E-state index is 13.3. The van der Waals surface area contributed by atoms with Gasteiger partial charge < -0.3 is 24.3 Å². The third-order valence-electron chi connectivity index (χ3n) is 9.08. The number of hydroxylamine groups is 1. The third-order valence-corrected chi connectivity index (χ3v) is 9.41. The summed E-state index contributed by atoms with van der Waals surface area (Å²) in [5.74, 6) is -0.788. The van der Waals surface area contributed by atoms with Gasteiger partial charge in [0.2, 0.25) is 0 Å². The van der Waals surface area contributed by atoms with Crippen LogP contribution in [-0.4, -0.2) is 54.1 Å². The van der Waals surface area contributed by atoms with E-state index >= 15 is 0 Å². The van der Waals surface area contributed by atoms with Gasteiger partial charge in [0, 0.05) is 35.7 Å². The molecule has 1 saturated heterocycles. The predicted octanol–water partition coefficient (Wildman–Crippen LogP) is 9.43. The van der Waals surface area contributed by atoms with E-state index in [1.54, 1.807) is 24.3 Å². The molecule has 0 bridgehead atoms. The van der Waals surface area contributed by atoms with Crippen LogP contribution in [-0.2, 0) is 4.84 Å². The van der Waals surface area contributed by atoms with Crippen LogP contribution in [0.25, 0.3) is 22.3 Å². The van der Waals surface area contributed by atoms with Gasteiger partial charge in [-0.3, -0.25) is 9.63 Å². The number of carbonyl (C=O) groups excluding carboxylic acids is 1. The molecule has 3 aromatic rings. The first-order valence-electron chi connectivity index (χ1n) is 18.1. The smallest absolute Gasteiger partial charge is 0.436 e. The number of halogens is 1. The van der Waals surface area contributed by atoms with E-state index < -0.39 is 29.3 Å². The van der Waals surface area contributed by atoms with Crippen LogP contribution in [0.4, 0.5) is 4.79 Å². The van der Waals surface area contributed by atoms with Crippen molar-refractivity contribution in [2.75, 3.05) is 26.7 Å². The maximum atomic E-state index is 13.3. The van der Waals surface area contributed by atoms with E-state index in [-0.39, 0.29) is 22.5 Å². The van der Waals surface area contributed by atoms with Crippen molar-refractivity contribution >= 4 is 28.7 Å². The number of phenolic OH excluding ortho intramolecular Hbond substituents is 1. The minimum absolute atomic E-state index is 0.0297. The van der Waals surface area contributed by atoms with Crippen LogP contribution in [0, 0.1) is 0 Å². The van der Waals surface area contributed by atoms with Crippen LogP contribution in [0.5, 0.6) is 11.5 Å². The molecule has 0 spiro atoms. The van der Waals surface area contributed by atoms with Gasteiger partial charge in [0.05, 0.1) is 17.7 Å². The summed E-state index contributed by atoms with van der Waals surface area (Å²) in [6.07, 6.45) is 21.4. The molecule has 10 heteroatoms. The Labute approximate surface area is 300 Å². The Kier molecular flexibility index (Phi) is 16.4. The fourth-order valence-electron chi connectivity index (χ4n) is 6.36. The molecule has 2 aromatic carbocycles. The van der Waals surface area contributed by atoms with Crippen molar-refractivity contribution < 1.29 is 29.0 Å². The standard InChI is InChI=1S/C40H53ClN2O7/c1-3-4-5-6-7-8-9-10-11-12-13-14-15-16-17-20-25-48-42-40(47)50-36-27-33(45)38-32(44)26-35(29-21-18-19-22-31(29)41)49-39(38)37(36)30-23-24-43(2)28-34(30)46/h7-8,10-11,18-19,21-22,26-27,30,34,45-46H,3-6,9,12-17,20,23-25,28H2,1-2H3,(H,42,47)/t30?,34-/m0/s1. The van der Waals surface area contributed by atoms with Crippen molar-refractivity contribution in [1.82, 2.24) is 10.4 Å². The highest BCUT2D eigenvalue weighted by molar-refractivity contribution is 6.33. The maximum Gasteiger partial charge on any atom is 0.436 e. The number of nitrogens with one attached hydrogen (secondary N) is 1. The first-order valence-corrected chi connectivity index (χ1v) is 18.5. The number of piperidine rings is 1. The summed E-state index contributed by atoms with van der Waals surface area (Å²) in [5.41, 5.74) is 2.68. The monoisotopic (exact) mass is 708 g/mol. The van der Waals surface area contributed by atoms with Gasteiger partial charge in [-0.25, -0.2) is 4.79 Å². The molecular formula is C40H53ClN2O7. The molecule has 1 fully saturated rings. The van der Waals surface area contributed by atoms with Crippen molar-refractivity contribution in [3.63, 3.8) is 0 Å². The zero-order valence-electron chi connectivity index (χ0n) is 29.5. The second kappa shape index (κ2) is 20.9. The molecule has 1 aliphatic rings. The van der Waals surface area contributed by atoms with Crippen molar-refractivity contribution in [3.8, 4) is 22.8 Å². The number of aromatic hydroxyl groups is 1. The van der Waals surface area contributed by atoms with Crippen molar-refractivity contribution in [1.29, 1.82) is 0 Å². The molecule has 2 atom stereocenters. The molecule has 50 heavy (non-hydrogen) atoms. The first kappa shape index (κ1) is 39.2. The van der Waals surface area contributed by atoms with E-state index in [4.69, 9.17) is 25.6 Å². The average molecular weight is 709 g/mol. The molecule has 0 aliphatic carbocycles. The molecule has 1 aromatic heterocycles. The van der Waals surface area contributed by atoms with Gasteiger partial charge in [-0.1, -0.05) is 93.5 Å². The number of unbranched alkanes of at least 4 members (excludes halogenated alkanes) is 9. The van der Waals surface area contributed by atoms with Crippen LogP contribution in [0.15, 0.2) is 69.9 Å². The normalized spacial score (nSPS) is 16.9. The molecule has 1 aliphatic heterocycles. The number of β-amino-alcohol motifs (C(OH)–C–C–N with tert-alkyl or cyclic N) is 1. The number of nitrogens with zero attached hydrogens (tertiary/aromatic N) is 1. The van der Waals surface area contributed by atoms with E-state index in [0.717, 1.165) is 38.5 Å². The highest BCUT2D eigenvalue weighted by atomic mass is 35.5. The number of ether oxygens (including phenoxy) is 1. The molecule has 272 valence electrons. The summed E-state index contributed by atoms with van der Waals surface area (Å²) in [4.78, 5) is 33.6. The summed E-state index contributed by atoms with van der Waals surface area (Å²) in [6, 6.07) is 9.42. The van der Waals surface area contributed by atoms with Gasteiger partial charge in [-0.2, -0.15) is 5.48 Å². The topological polar surface area (TPSA) is 121 Å². The number of aliphatic hydroxyl groups is 1. The number of likely N-dealkylation sites (tertiary alicyclic amines) is 1. The first-order chi connectivity index (χ1) is 24.3. The zero-order valence-corrected chi connectivity index (χ0v) is 30.3. The Bertz CT molecular complexity index is 1640. The third kappa shape index (κ3) is 11.7. The van der Waals surface area contributed by atoms with Crippen LogP contribution in [0.2, 0.25) is 5.02 Å². The number of hydrogen-bond acceptors (Lipinski definition) is 8. The Morgan fingerprint density at radius 1 is 1.02 bits per heavy atom. The van der Waals surface area contributed by atoms with E-state index in [1.807, 2.05) is 11.9 Å². The highest BCUT2D eigenvalue weighted by Gasteiger charge is 2.34. The molecule has 1 unspecified atom stereocenters. The largest absolute Gasteiger partial charge is 0.507 e. The van der Waals surface area contributed by atoms with Crippen LogP contribution in [0.1, 0.15) is 102 Å². The predicted molar refractivity (Wildman–Crippen MR) is 200 cm³/mol. The van der Waals surface area contributed by atoms with Gasteiger partial charge in [0.1, 0.15) is 28.2 Å². The summed E-state index contributed by atoms with van der Waals surface area (Å²) >= 11 is 6.41. The Morgan fingerprint density at radius 3 is 2.44 bits per heavy atom. The van der Waals surface area contributed by atoms with Gasteiger partial charge >= 0.3 is 6.09 Å². The van der Waals surface area contributed by atoms with Crippen LogP contribution in [0.3, 0.4) is 0 Å². The van der Waals surface area contributed by atoms with Crippen molar-refractivity contribution in [2.24, 2.45) is 0 Å². The minimum Gasteiger partial charge on any atom is -0.507 e. The van der Waals surface area contributed by atoms with E-state index in [1.165, 1.54) is 50.7 Å². The molecular weight excluding hydrogens is 656 g/mol. The molecule has 0 radical (unpaired) electrons. The number of aliphatic hydroxyl groups excluding tert-OH is 1. The van der Waals surface area contributed by atoms with E-state index in [9.17, 15) is 19.8 Å². The lowest BCUT2D eigenvalue weighted by Crippen LogP contribution is -2.40. The van der Waals surface area contributed by atoms with Crippen LogP contribution < -0.4 is 15.6 Å². The van der Waals surface area contributed by atoms with Crippen molar-refractivity contribution in [2.45, 2.75) is 102 Å². The molecule has 1 amide bonds. The lowest BCUT2D eigenvalue weighted by Gasteiger charge is -2.34. The number of likely N-dealkylation sites (N-methyl/N-ethyl adjacent to an activating group) is 1. The molecule has 0 saturated carbocycles. The highest BCUT2D eigenvalue weighted by Crippen LogP contribution is 2.43. The lowest BCUT2D eigenvalue weighted by molar-refractivity contribution is 0.0419. The summed E-state index contributed by atoms with van der Waals surface area (Å²) in [7, 11) is 1.90. The Balaban J connectivity index is 1.29. The van der Waals surface area contributed by atoms with Gasteiger partial charge in [0.15, 0.2) is 5.43 Å². The van der Waals surface area contributed by atoms with Gasteiger partial charge in [-0.15, -0.1) is 0 Å². The number of fused-ring (bicyclic) bond motifs is 1. The molecule has 3 N–H and O–H groups in total. The van der Waals surface area contributed by atoms with E-state index in [0.29, 0.717) is 42.3 Å². The average Bonchev–Trinajstić information content (AvgIpc) is 3.08. The minimum atomic E-state index is -0.892. The molecule has 9 nitrogen and oxygen atoms in total. The quantitative estimate of drug-likeness (QED) is 0.0640. The SMILES string of the molecule is CCCCCC=CCC=CCCCCCCCCONC(=O)Oc1cc(O)c2c(=O)cc(-c3ccccc3Cl)oc2c1C1CCN(C)C[C@@H]1O. The number of phenols is 1. The fraction of sp³-hybridized carbons (Fsp3) is 0.500. The summed E-state index contributed by atoms with van der Waals surface area (Å²) in [6.45, 7) is 3.57. The number of allylic oxidation sites excluding steroid dienone is 4. The molecule has 2 heterocycles. The lowest BCUT2D eigenvalue weighted by atomic mass is 9.85. The summed E-state index contributed by atoms with van der Waals surface area (Å²) < 4.78 is 11.9. The number of rotatable bonds is 19. The number of hydrogen-bond donors (Lipinski definition) is 3. The Morgan fingerprint density at radius 2 is 1.72 bits per heavy atom. The second-order valence-corrected chi connectivity index (χ2v) is 13.5. The van der Waals surface area contributed by atoms with E-state index in [2.05, 4.69) is 36.7 Å². The number of carbonyl (C=O) groups is 1. The number of benzene rings is 2. The second-order valence-electron chi connectivity index (χ2n) is 13.1.